The molecule has 11 unspecified atom stereocenters. The second-order valence-corrected chi connectivity index (χ2v) is 13.7. The quantitative estimate of drug-likeness (QED) is 0.0345. The van der Waals surface area contributed by atoms with Crippen LogP contribution in [0, 0.1) is 0 Å². The number of rotatable bonds is 28. The van der Waals surface area contributed by atoms with E-state index < -0.39 is 86.7 Å². The van der Waals surface area contributed by atoms with E-state index in [1.54, 1.807) is 0 Å². The van der Waals surface area contributed by atoms with Crippen molar-refractivity contribution in [3.63, 3.8) is 0 Å². The summed E-state index contributed by atoms with van der Waals surface area (Å²) in [5.74, 6) is -0.421. The number of aliphatic hydroxyl groups excluding tert-OH is 7. The first-order valence-electron chi connectivity index (χ1n) is 19.9. The van der Waals surface area contributed by atoms with Gasteiger partial charge in [-0.1, -0.05) is 87.4 Å². The first-order valence-corrected chi connectivity index (χ1v) is 19.9. The molecule has 316 valence electrons. The van der Waals surface area contributed by atoms with Crippen molar-refractivity contribution in [3.8, 4) is 0 Å². The SMILES string of the molecule is CC/C=C\C/C=C\C/C=C\C/C=C\C/C=C\CCCCOCC(COC1OC(COC2OC(CO)C(O)C(O)C2O)C(O)C(O)C1O)OC(=O)CCCCC. The Morgan fingerprint density at radius 1 is 0.618 bits per heavy atom. The van der Waals surface area contributed by atoms with Gasteiger partial charge in [0, 0.05) is 13.0 Å². The number of allylic oxidation sites excluding steroid dienone is 10. The van der Waals surface area contributed by atoms with Gasteiger partial charge < -0.3 is 64.2 Å². The second-order valence-electron chi connectivity index (χ2n) is 13.7. The van der Waals surface area contributed by atoms with Crippen LogP contribution < -0.4 is 0 Å². The van der Waals surface area contributed by atoms with Crippen molar-refractivity contribution in [1.29, 1.82) is 0 Å². The Morgan fingerprint density at radius 3 is 1.75 bits per heavy atom. The summed E-state index contributed by atoms with van der Waals surface area (Å²) in [6.07, 6.45) is 15.5. The van der Waals surface area contributed by atoms with Gasteiger partial charge in [0.05, 0.1) is 26.4 Å². The third-order valence-corrected chi connectivity index (χ3v) is 9.04. The highest BCUT2D eigenvalue weighted by Gasteiger charge is 2.47. The van der Waals surface area contributed by atoms with Gasteiger partial charge >= 0.3 is 5.97 Å². The molecular formula is C41H68O14. The summed E-state index contributed by atoms with van der Waals surface area (Å²) < 4.78 is 33.6. The number of hydrogen-bond donors (Lipinski definition) is 7. The Morgan fingerprint density at radius 2 is 1.16 bits per heavy atom. The summed E-state index contributed by atoms with van der Waals surface area (Å²) in [5.41, 5.74) is 0. The highest BCUT2D eigenvalue weighted by atomic mass is 16.7. The molecule has 2 heterocycles. The zero-order chi connectivity index (χ0) is 40.3. The second kappa shape index (κ2) is 29.9. The van der Waals surface area contributed by atoms with Gasteiger partial charge in [-0.05, 0) is 57.8 Å². The van der Waals surface area contributed by atoms with E-state index in [0.717, 1.165) is 64.2 Å². The molecule has 0 aliphatic carbocycles. The number of unbranched alkanes of at least 4 members (excludes halogenated alkanes) is 4. The fraction of sp³-hybridized carbons (Fsp3) is 0.732. The van der Waals surface area contributed by atoms with Gasteiger partial charge in [-0.25, -0.2) is 0 Å². The van der Waals surface area contributed by atoms with E-state index in [-0.39, 0.29) is 19.6 Å². The lowest BCUT2D eigenvalue weighted by atomic mass is 9.98. The number of carbonyl (C=O) groups excluding carboxylic acids is 1. The van der Waals surface area contributed by atoms with Crippen molar-refractivity contribution >= 4 is 5.97 Å². The monoisotopic (exact) mass is 784 g/mol. The summed E-state index contributed by atoms with van der Waals surface area (Å²) in [4.78, 5) is 12.5. The first kappa shape index (κ1) is 48.8. The first-order chi connectivity index (χ1) is 26.6. The molecule has 0 radical (unpaired) electrons. The molecule has 0 aromatic carbocycles. The molecule has 2 saturated heterocycles. The van der Waals surface area contributed by atoms with Crippen LogP contribution in [0.5, 0.6) is 0 Å². The number of aliphatic hydroxyl groups is 7. The third kappa shape index (κ3) is 19.6. The lowest BCUT2D eigenvalue weighted by molar-refractivity contribution is -0.332. The van der Waals surface area contributed by atoms with Gasteiger partial charge in [-0.3, -0.25) is 4.79 Å². The Kier molecular flexibility index (Phi) is 26.5. The number of hydrogen-bond acceptors (Lipinski definition) is 14. The van der Waals surface area contributed by atoms with Crippen molar-refractivity contribution < 1.29 is 69.0 Å². The molecule has 2 aliphatic heterocycles. The molecule has 0 amide bonds. The largest absolute Gasteiger partial charge is 0.457 e. The Balaban J connectivity index is 1.77. The van der Waals surface area contributed by atoms with Crippen molar-refractivity contribution in [3.05, 3.63) is 60.8 Å². The molecule has 11 atom stereocenters. The standard InChI is InChI=1S/C41H68O14/c1-3-5-7-8-9-10-11-12-13-14-15-16-17-18-19-20-21-23-25-50-27-30(53-33(43)24-22-6-4-2)28-51-40-39(49)37(47)35(45)32(55-40)29-52-41-38(48)36(46)34(44)31(26-42)54-41/h5,7,9-10,12-13,15-16,18-19,30-32,34-42,44-49H,3-4,6,8,11,14,17,20-29H2,1-2H3/b7-5-,10-9-,13-12-,16-15-,19-18-. The molecule has 2 aliphatic rings. The third-order valence-electron chi connectivity index (χ3n) is 9.04. The maximum atomic E-state index is 12.5. The van der Waals surface area contributed by atoms with Crippen molar-refractivity contribution in [2.24, 2.45) is 0 Å². The zero-order valence-corrected chi connectivity index (χ0v) is 32.6. The van der Waals surface area contributed by atoms with Crippen molar-refractivity contribution in [2.45, 2.75) is 158 Å². The number of ether oxygens (including phenoxy) is 6. The van der Waals surface area contributed by atoms with Crippen LogP contribution in [0.4, 0.5) is 0 Å². The predicted octanol–water partition coefficient (Wildman–Crippen LogP) is 3.06. The molecule has 0 spiro atoms. The number of carbonyl (C=O) groups is 1. The molecule has 55 heavy (non-hydrogen) atoms. The minimum absolute atomic E-state index is 0.0266. The predicted molar refractivity (Wildman–Crippen MR) is 206 cm³/mol. The highest BCUT2D eigenvalue weighted by molar-refractivity contribution is 5.69. The Hall–Kier alpha value is -2.31. The summed E-state index contributed by atoms with van der Waals surface area (Å²) >= 11 is 0. The van der Waals surface area contributed by atoms with Gasteiger partial charge in [-0.2, -0.15) is 0 Å². The minimum atomic E-state index is -1.71. The van der Waals surface area contributed by atoms with Crippen molar-refractivity contribution in [1.82, 2.24) is 0 Å². The van der Waals surface area contributed by atoms with E-state index >= 15 is 0 Å². The molecule has 7 N–H and O–H groups in total. The Bertz CT molecular complexity index is 1140. The summed E-state index contributed by atoms with van der Waals surface area (Å²) in [5, 5.41) is 71.3. The Labute approximate surface area is 326 Å². The molecule has 0 aromatic rings. The molecule has 14 heteroatoms. The lowest BCUT2D eigenvalue weighted by Crippen LogP contribution is -2.61. The van der Waals surface area contributed by atoms with Crippen LogP contribution in [0.25, 0.3) is 0 Å². The average Bonchev–Trinajstić information content (AvgIpc) is 3.18. The van der Waals surface area contributed by atoms with E-state index in [1.807, 2.05) is 6.92 Å². The lowest BCUT2D eigenvalue weighted by Gasteiger charge is -2.42. The van der Waals surface area contributed by atoms with E-state index in [2.05, 4.69) is 67.7 Å². The van der Waals surface area contributed by atoms with E-state index in [9.17, 15) is 40.5 Å². The van der Waals surface area contributed by atoms with Gasteiger partial charge in [0.15, 0.2) is 12.6 Å². The van der Waals surface area contributed by atoms with Gasteiger partial charge in [0.25, 0.3) is 0 Å². The van der Waals surface area contributed by atoms with E-state index in [4.69, 9.17) is 28.4 Å². The van der Waals surface area contributed by atoms with E-state index in [0.29, 0.717) is 13.0 Å². The smallest absolute Gasteiger partial charge is 0.306 e. The van der Waals surface area contributed by atoms with Gasteiger partial charge in [0.2, 0.25) is 0 Å². The van der Waals surface area contributed by atoms with Gasteiger partial charge in [0.1, 0.15) is 54.9 Å². The maximum absolute atomic E-state index is 12.5. The molecular weight excluding hydrogens is 716 g/mol. The minimum Gasteiger partial charge on any atom is -0.457 e. The molecule has 0 aromatic heterocycles. The molecule has 14 nitrogen and oxygen atoms in total. The van der Waals surface area contributed by atoms with Gasteiger partial charge in [-0.15, -0.1) is 0 Å². The zero-order valence-electron chi connectivity index (χ0n) is 32.6. The van der Waals surface area contributed by atoms with Crippen LogP contribution in [-0.4, -0.2) is 142 Å². The fourth-order valence-electron chi connectivity index (χ4n) is 5.72. The van der Waals surface area contributed by atoms with Crippen molar-refractivity contribution in [2.75, 3.05) is 33.0 Å². The van der Waals surface area contributed by atoms with Crippen LogP contribution in [0.2, 0.25) is 0 Å². The maximum Gasteiger partial charge on any atom is 0.306 e. The molecule has 0 bridgehead atoms. The van der Waals surface area contributed by atoms with Crippen LogP contribution in [0.15, 0.2) is 60.8 Å². The molecule has 2 rings (SSSR count). The topological polar surface area (TPSA) is 214 Å². The van der Waals surface area contributed by atoms with Crippen LogP contribution in [0.3, 0.4) is 0 Å². The summed E-state index contributed by atoms with van der Waals surface area (Å²) in [7, 11) is 0. The van der Waals surface area contributed by atoms with E-state index in [1.165, 1.54) is 0 Å². The highest BCUT2D eigenvalue weighted by Crippen LogP contribution is 2.26. The average molecular weight is 785 g/mol. The summed E-state index contributed by atoms with van der Waals surface area (Å²) in [6.45, 7) is 3.22. The normalized spacial score (nSPS) is 29.8. The molecule has 2 fully saturated rings. The fourth-order valence-corrected chi connectivity index (χ4v) is 5.72. The van der Waals surface area contributed by atoms with Crippen LogP contribution in [0.1, 0.15) is 90.9 Å². The van der Waals surface area contributed by atoms with Crippen LogP contribution in [-0.2, 0) is 33.2 Å². The summed E-state index contributed by atoms with van der Waals surface area (Å²) in [6, 6.07) is 0. The van der Waals surface area contributed by atoms with Crippen LogP contribution >= 0.6 is 0 Å². The number of esters is 1. The molecule has 0 saturated carbocycles.